The Morgan fingerprint density at radius 1 is 1.00 bits per heavy atom. The van der Waals surface area contributed by atoms with Gasteiger partial charge in [-0.1, -0.05) is 18.0 Å². The van der Waals surface area contributed by atoms with E-state index in [9.17, 15) is 4.79 Å². The van der Waals surface area contributed by atoms with E-state index in [0.717, 1.165) is 50.7 Å². The van der Waals surface area contributed by atoms with Crippen LogP contribution < -0.4 is 0 Å². The van der Waals surface area contributed by atoms with E-state index in [0.29, 0.717) is 13.0 Å². The number of rotatable bonds is 0. The molecule has 0 aromatic heterocycles. The van der Waals surface area contributed by atoms with E-state index in [4.69, 9.17) is 9.94 Å². The first-order chi connectivity index (χ1) is 7.33. The van der Waals surface area contributed by atoms with Gasteiger partial charge in [-0.05, 0) is 32.1 Å². The molecule has 4 nitrogen and oxygen atoms in total. The standard InChI is InChI=1S/C11H19NO3/c13-11-8-4-2-1-3-6-10(12-14)7-5-9-15-11/h14H,1-9H2/b12-10-. The largest absolute Gasteiger partial charge is 0.466 e. The summed E-state index contributed by atoms with van der Waals surface area (Å²) in [5.74, 6) is -0.0990. The Bertz CT molecular complexity index is 226. The molecule has 0 spiro atoms. The molecule has 1 heterocycles. The van der Waals surface area contributed by atoms with Crippen LogP contribution in [0.15, 0.2) is 5.16 Å². The molecule has 0 saturated carbocycles. The third kappa shape index (κ3) is 5.40. The Kier molecular flexibility index (Phi) is 5.81. The molecule has 0 aromatic rings. The van der Waals surface area contributed by atoms with Gasteiger partial charge in [-0.15, -0.1) is 0 Å². The highest BCUT2D eigenvalue weighted by Gasteiger charge is 2.06. The SMILES string of the molecule is O=C1CCCCCC/C(=N/O)CCCO1. The van der Waals surface area contributed by atoms with E-state index in [1.54, 1.807) is 0 Å². The lowest BCUT2D eigenvalue weighted by Gasteiger charge is -2.08. The molecular formula is C11H19NO3. The Morgan fingerprint density at radius 3 is 2.40 bits per heavy atom. The average molecular weight is 213 g/mol. The lowest BCUT2D eigenvalue weighted by molar-refractivity contribution is -0.143. The minimum absolute atomic E-state index is 0.0990. The van der Waals surface area contributed by atoms with Crippen LogP contribution in [0.2, 0.25) is 0 Å². The second kappa shape index (κ2) is 7.26. The van der Waals surface area contributed by atoms with Crippen LogP contribution in [0.25, 0.3) is 0 Å². The van der Waals surface area contributed by atoms with Gasteiger partial charge in [0.25, 0.3) is 0 Å². The number of cyclic esters (lactones) is 1. The molecule has 0 bridgehead atoms. The van der Waals surface area contributed by atoms with Crippen molar-refractivity contribution in [2.45, 2.75) is 51.4 Å². The molecule has 0 aromatic carbocycles. The molecule has 15 heavy (non-hydrogen) atoms. The van der Waals surface area contributed by atoms with Crippen molar-refractivity contribution in [3.8, 4) is 0 Å². The van der Waals surface area contributed by atoms with Crippen molar-refractivity contribution < 1.29 is 14.7 Å². The maximum Gasteiger partial charge on any atom is 0.305 e. The van der Waals surface area contributed by atoms with Crippen LogP contribution in [0.1, 0.15) is 51.4 Å². The molecule has 1 aliphatic heterocycles. The first-order valence-corrected chi connectivity index (χ1v) is 5.68. The maximum atomic E-state index is 11.1. The molecule has 1 aliphatic rings. The summed E-state index contributed by atoms with van der Waals surface area (Å²) in [5, 5.41) is 12.0. The van der Waals surface area contributed by atoms with Gasteiger partial charge >= 0.3 is 5.97 Å². The van der Waals surface area contributed by atoms with Gasteiger partial charge < -0.3 is 9.94 Å². The number of hydrogen-bond acceptors (Lipinski definition) is 4. The van der Waals surface area contributed by atoms with Crippen molar-refractivity contribution in [1.82, 2.24) is 0 Å². The minimum atomic E-state index is -0.0990. The van der Waals surface area contributed by atoms with E-state index in [1.165, 1.54) is 0 Å². The lowest BCUT2D eigenvalue weighted by Crippen LogP contribution is -2.08. The molecule has 0 amide bonds. The summed E-state index contributed by atoms with van der Waals surface area (Å²) in [6.45, 7) is 0.442. The van der Waals surface area contributed by atoms with Crippen LogP contribution >= 0.6 is 0 Å². The third-order valence-corrected chi connectivity index (χ3v) is 2.61. The van der Waals surface area contributed by atoms with Crippen molar-refractivity contribution in [3.63, 3.8) is 0 Å². The van der Waals surface area contributed by atoms with Gasteiger partial charge in [0.15, 0.2) is 0 Å². The monoisotopic (exact) mass is 213 g/mol. The fraction of sp³-hybridized carbons (Fsp3) is 0.818. The van der Waals surface area contributed by atoms with Gasteiger partial charge in [0.2, 0.25) is 0 Å². The second-order valence-corrected chi connectivity index (χ2v) is 3.90. The van der Waals surface area contributed by atoms with Crippen LogP contribution in [0, 0.1) is 0 Å². The molecule has 0 atom stereocenters. The summed E-state index contributed by atoms with van der Waals surface area (Å²) in [7, 11) is 0. The minimum Gasteiger partial charge on any atom is -0.466 e. The Labute approximate surface area is 90.3 Å². The molecular weight excluding hydrogens is 194 g/mol. The third-order valence-electron chi connectivity index (χ3n) is 2.61. The maximum absolute atomic E-state index is 11.1. The number of nitrogens with zero attached hydrogens (tertiary/aromatic N) is 1. The quantitative estimate of drug-likeness (QED) is 0.382. The van der Waals surface area contributed by atoms with Crippen molar-refractivity contribution in [1.29, 1.82) is 0 Å². The van der Waals surface area contributed by atoms with E-state index >= 15 is 0 Å². The summed E-state index contributed by atoms with van der Waals surface area (Å²) in [6, 6.07) is 0. The molecule has 0 aliphatic carbocycles. The second-order valence-electron chi connectivity index (χ2n) is 3.90. The molecule has 1 saturated heterocycles. The van der Waals surface area contributed by atoms with Crippen LogP contribution in [-0.2, 0) is 9.53 Å². The predicted octanol–water partition coefficient (Wildman–Crippen LogP) is 2.49. The highest BCUT2D eigenvalue weighted by Crippen LogP contribution is 2.10. The van der Waals surface area contributed by atoms with Crippen molar-refractivity contribution in [3.05, 3.63) is 0 Å². The first-order valence-electron chi connectivity index (χ1n) is 5.68. The summed E-state index contributed by atoms with van der Waals surface area (Å²) in [5.41, 5.74) is 0.826. The lowest BCUT2D eigenvalue weighted by atomic mass is 10.1. The molecule has 1 rings (SSSR count). The van der Waals surface area contributed by atoms with Gasteiger partial charge in [-0.3, -0.25) is 4.79 Å². The van der Waals surface area contributed by atoms with Crippen molar-refractivity contribution in [2.24, 2.45) is 5.16 Å². The molecule has 0 unspecified atom stereocenters. The number of oxime groups is 1. The van der Waals surface area contributed by atoms with E-state index in [1.807, 2.05) is 0 Å². The van der Waals surface area contributed by atoms with Gasteiger partial charge in [-0.25, -0.2) is 0 Å². The molecule has 86 valence electrons. The zero-order valence-electron chi connectivity index (χ0n) is 9.07. The van der Waals surface area contributed by atoms with Crippen LogP contribution in [0.3, 0.4) is 0 Å². The normalized spacial score (nSPS) is 24.0. The molecule has 1 N–H and O–H groups in total. The van der Waals surface area contributed by atoms with E-state index in [-0.39, 0.29) is 5.97 Å². The summed E-state index contributed by atoms with van der Waals surface area (Å²) >= 11 is 0. The van der Waals surface area contributed by atoms with E-state index < -0.39 is 0 Å². The number of ether oxygens (including phenoxy) is 1. The highest BCUT2D eigenvalue weighted by atomic mass is 16.5. The fourth-order valence-corrected chi connectivity index (χ4v) is 1.71. The molecule has 0 radical (unpaired) electrons. The number of carbonyl (C=O) groups excluding carboxylic acids is 1. The number of esters is 1. The van der Waals surface area contributed by atoms with Gasteiger partial charge in [0.05, 0.1) is 12.3 Å². The first kappa shape index (κ1) is 12.0. The van der Waals surface area contributed by atoms with Crippen LogP contribution in [0.4, 0.5) is 0 Å². The van der Waals surface area contributed by atoms with Crippen molar-refractivity contribution in [2.75, 3.05) is 6.61 Å². The topological polar surface area (TPSA) is 58.9 Å². The van der Waals surface area contributed by atoms with Crippen LogP contribution in [0.5, 0.6) is 0 Å². The molecule has 1 fully saturated rings. The van der Waals surface area contributed by atoms with Gasteiger partial charge in [0.1, 0.15) is 0 Å². The number of hydrogen-bond donors (Lipinski definition) is 1. The zero-order valence-corrected chi connectivity index (χ0v) is 9.07. The average Bonchev–Trinajstić information content (AvgIpc) is 2.23. The summed E-state index contributed by atoms with van der Waals surface area (Å²) in [4.78, 5) is 11.1. The Hall–Kier alpha value is -1.06. The predicted molar refractivity (Wildman–Crippen MR) is 57.1 cm³/mol. The molecule has 4 heteroatoms. The summed E-state index contributed by atoms with van der Waals surface area (Å²) < 4.78 is 5.03. The smallest absolute Gasteiger partial charge is 0.305 e. The summed E-state index contributed by atoms with van der Waals surface area (Å²) in [6.07, 6.45) is 6.99. The zero-order chi connectivity index (χ0) is 10.9. The van der Waals surface area contributed by atoms with Gasteiger partial charge in [-0.2, -0.15) is 0 Å². The fourth-order valence-electron chi connectivity index (χ4n) is 1.71. The Morgan fingerprint density at radius 2 is 1.67 bits per heavy atom. The van der Waals surface area contributed by atoms with Gasteiger partial charge in [0, 0.05) is 6.42 Å². The highest BCUT2D eigenvalue weighted by molar-refractivity contribution is 5.83. The van der Waals surface area contributed by atoms with Crippen LogP contribution in [-0.4, -0.2) is 23.5 Å². The van der Waals surface area contributed by atoms with E-state index in [2.05, 4.69) is 5.16 Å². The Balaban J connectivity index is 2.34. The van der Waals surface area contributed by atoms with Crippen molar-refractivity contribution >= 4 is 11.7 Å². The number of carbonyl (C=O) groups is 1.